The zero-order valence-corrected chi connectivity index (χ0v) is 10.3. The molecule has 0 bridgehead atoms. The Bertz CT molecular complexity index is 115. The zero-order chi connectivity index (χ0) is 10.7. The molecule has 0 aromatic heterocycles. The summed E-state index contributed by atoms with van der Waals surface area (Å²) in [5, 5.41) is 40.9. The summed E-state index contributed by atoms with van der Waals surface area (Å²) in [5.74, 6) is 0. The van der Waals surface area contributed by atoms with Gasteiger partial charge < -0.3 is 43.0 Å². The van der Waals surface area contributed by atoms with Crippen LogP contribution in [0.15, 0.2) is 0 Å². The molecule has 0 fully saturated rings. The van der Waals surface area contributed by atoms with Crippen LogP contribution in [0.2, 0.25) is 0 Å². The van der Waals surface area contributed by atoms with Gasteiger partial charge in [0.15, 0.2) is 0 Å². The van der Waals surface area contributed by atoms with Gasteiger partial charge in [-0.25, -0.2) is 0 Å². The van der Waals surface area contributed by atoms with Gasteiger partial charge in [-0.2, -0.15) is 0 Å². The standard InChI is InChI=1S/Gd.3HNO3.5H2O/c;3*2-1(3)4;;;;;/h;3*(H,2,3,4);5*1H2. The number of hydrogen-bond donors (Lipinski definition) is 3. The predicted octanol–water partition coefficient (Wildman–Crippen LogP) is -5.17. The Labute approximate surface area is 128 Å². The van der Waals surface area contributed by atoms with E-state index in [-0.39, 0.29) is 67.3 Å². The third kappa shape index (κ3) is 1710. The fraction of sp³-hybridized carbons (Fsp3) is 0. The van der Waals surface area contributed by atoms with Gasteiger partial charge in [-0.3, -0.25) is 0 Å². The van der Waals surface area contributed by atoms with Crippen molar-refractivity contribution in [3.63, 3.8) is 0 Å². The predicted molar refractivity (Wildman–Crippen MR) is 44.4 cm³/mol. The van der Waals surface area contributed by atoms with Gasteiger partial charge >= 0.3 is 0 Å². The second kappa shape index (κ2) is 57.1. The van der Waals surface area contributed by atoms with Crippen molar-refractivity contribution >= 4 is 0 Å². The van der Waals surface area contributed by atoms with Gasteiger partial charge in [0.2, 0.25) is 0 Å². The van der Waals surface area contributed by atoms with Crippen molar-refractivity contribution in [2.24, 2.45) is 0 Å². The van der Waals surface area contributed by atoms with Gasteiger partial charge in [-0.05, 0) is 0 Å². The van der Waals surface area contributed by atoms with Gasteiger partial charge in [0.1, 0.15) is 0 Å². The minimum absolute atomic E-state index is 0. The molecule has 18 heavy (non-hydrogen) atoms. The Morgan fingerprint density at radius 1 is 0.556 bits per heavy atom. The minimum Gasteiger partial charge on any atom is -0.412 e. The van der Waals surface area contributed by atoms with E-state index in [0.717, 1.165) is 0 Å². The monoisotopic (exact) mass is 437 g/mol. The molecule has 0 heterocycles. The fourth-order valence-electron chi connectivity index (χ4n) is 0. The third-order valence-corrected chi connectivity index (χ3v) is 0. The molecule has 0 atom stereocenters. The summed E-state index contributed by atoms with van der Waals surface area (Å²) < 4.78 is 0. The van der Waals surface area contributed by atoms with Crippen molar-refractivity contribution in [1.29, 1.82) is 0 Å². The maximum Gasteiger partial charge on any atom is 0.291 e. The average Bonchev–Trinajstić information content (AvgIpc) is 1.54. The molecule has 0 rings (SSSR count). The van der Waals surface area contributed by atoms with Crippen molar-refractivity contribution in [3.8, 4) is 0 Å². The van der Waals surface area contributed by atoms with Gasteiger partial charge in [0.25, 0.3) is 15.3 Å². The van der Waals surface area contributed by atoms with Gasteiger partial charge in [-0.1, -0.05) is 0 Å². The molecule has 0 spiro atoms. The number of hydrogen-bond acceptors (Lipinski definition) is 6. The summed E-state index contributed by atoms with van der Waals surface area (Å²) in [6.07, 6.45) is 0. The van der Waals surface area contributed by atoms with E-state index in [1.165, 1.54) is 0 Å². The van der Waals surface area contributed by atoms with Crippen molar-refractivity contribution in [2.45, 2.75) is 0 Å². The molecular formula is H13GdN3O14. The molecule has 0 aliphatic rings. The zero-order valence-electron chi connectivity index (χ0n) is 7.99. The molecule has 120 valence electrons. The maximum atomic E-state index is 8.36. The smallest absolute Gasteiger partial charge is 0.291 e. The molecule has 0 radical (unpaired) electrons. The van der Waals surface area contributed by atoms with Crippen molar-refractivity contribution in [2.75, 3.05) is 0 Å². The van der Waals surface area contributed by atoms with Crippen LogP contribution in [0.5, 0.6) is 0 Å². The molecule has 0 saturated carbocycles. The first-order valence-electron chi connectivity index (χ1n) is 1.70. The van der Waals surface area contributed by atoms with Crippen LogP contribution >= 0.6 is 0 Å². The van der Waals surface area contributed by atoms with Gasteiger partial charge in [0, 0.05) is 39.9 Å². The molecule has 0 aliphatic heterocycles. The molecule has 0 saturated heterocycles. The van der Waals surface area contributed by atoms with Crippen LogP contribution in [0.3, 0.4) is 0 Å². The topological polar surface area (TPSA) is 348 Å². The Morgan fingerprint density at radius 2 is 0.556 bits per heavy atom. The molecule has 0 unspecified atom stereocenters. The second-order valence-corrected chi connectivity index (χ2v) is 0.714. The van der Waals surface area contributed by atoms with Gasteiger partial charge in [-0.15, -0.1) is 30.3 Å². The molecule has 13 N–H and O–H groups in total. The Balaban J connectivity index is -0.00000000827. The van der Waals surface area contributed by atoms with Crippen LogP contribution in [-0.4, -0.2) is 58.3 Å². The van der Waals surface area contributed by atoms with E-state index in [4.69, 9.17) is 46.0 Å². The quantitative estimate of drug-likeness (QED) is 0.241. The van der Waals surface area contributed by atoms with Crippen molar-refractivity contribution in [3.05, 3.63) is 30.3 Å². The third-order valence-electron chi connectivity index (χ3n) is 0. The molecule has 0 amide bonds. The first-order chi connectivity index (χ1) is 5.20. The van der Waals surface area contributed by atoms with Gasteiger partial charge in [0.05, 0.1) is 0 Å². The fourth-order valence-corrected chi connectivity index (χ4v) is 0. The number of nitrogens with zero attached hydrogens (tertiary/aromatic N) is 3. The average molecular weight is 436 g/mol. The summed E-state index contributed by atoms with van der Waals surface area (Å²) in [5.41, 5.74) is 0. The van der Waals surface area contributed by atoms with Crippen LogP contribution in [-0.2, 0) is 0 Å². The molecule has 0 aromatic rings. The molecule has 0 aromatic carbocycles. The minimum atomic E-state index is -1.50. The maximum absolute atomic E-state index is 8.36. The molecular weight excluding hydrogens is 423 g/mol. The van der Waals surface area contributed by atoms with E-state index in [0.29, 0.717) is 0 Å². The first kappa shape index (κ1) is 69.3. The van der Waals surface area contributed by atoms with Crippen LogP contribution < -0.4 is 0 Å². The van der Waals surface area contributed by atoms with Crippen molar-refractivity contribution in [1.82, 2.24) is 0 Å². The molecule has 18 heteroatoms. The Hall–Kier alpha value is -1.28. The van der Waals surface area contributed by atoms with Crippen LogP contribution in [0.25, 0.3) is 0 Å². The SMILES string of the molecule is O.O.O.O.O.O=[N+]([O-])O.O=[N+]([O-])O.O=[N+]([O-])O.[Gd]. The normalized spacial score (nSPS) is 4.00. The van der Waals surface area contributed by atoms with E-state index in [2.05, 4.69) is 0 Å². The molecule has 0 aliphatic carbocycles. The second-order valence-electron chi connectivity index (χ2n) is 0.714. The summed E-state index contributed by atoms with van der Waals surface area (Å²) in [6.45, 7) is 0. The largest absolute Gasteiger partial charge is 0.412 e. The molecule has 17 nitrogen and oxygen atoms in total. The summed E-state index contributed by atoms with van der Waals surface area (Å²) in [4.78, 5) is 25.1. The van der Waals surface area contributed by atoms with Crippen LogP contribution in [0.4, 0.5) is 0 Å². The van der Waals surface area contributed by atoms with E-state index in [1.54, 1.807) is 0 Å². The van der Waals surface area contributed by atoms with E-state index >= 15 is 0 Å². The van der Waals surface area contributed by atoms with E-state index < -0.39 is 15.3 Å². The van der Waals surface area contributed by atoms with Crippen molar-refractivity contribution < 1.29 is 98.2 Å². The summed E-state index contributed by atoms with van der Waals surface area (Å²) >= 11 is 0. The number of rotatable bonds is 0. The van der Waals surface area contributed by atoms with Crippen LogP contribution in [0.1, 0.15) is 0 Å². The Morgan fingerprint density at radius 3 is 0.556 bits per heavy atom. The Kier molecular flexibility index (Phi) is 220. The van der Waals surface area contributed by atoms with E-state index in [1.807, 2.05) is 0 Å². The summed E-state index contributed by atoms with van der Waals surface area (Å²) in [6, 6.07) is 0. The first-order valence-corrected chi connectivity index (χ1v) is 1.70. The van der Waals surface area contributed by atoms with Crippen LogP contribution in [0, 0.1) is 70.3 Å². The van der Waals surface area contributed by atoms with E-state index in [9.17, 15) is 0 Å². The summed E-state index contributed by atoms with van der Waals surface area (Å²) in [7, 11) is 0.